The number of hydrogen-bond donors (Lipinski definition) is 2. The monoisotopic (exact) mass is 286 g/mol. The van der Waals surface area contributed by atoms with Crippen LogP contribution in [0.15, 0.2) is 6.07 Å². The molecule has 0 radical (unpaired) electrons. The van der Waals surface area contributed by atoms with Gasteiger partial charge in [0.15, 0.2) is 0 Å². The Morgan fingerprint density at radius 1 is 1.53 bits per heavy atom. The summed E-state index contributed by atoms with van der Waals surface area (Å²) < 4.78 is 10.1. The predicted octanol–water partition coefficient (Wildman–Crippen LogP) is 0.585. The first-order chi connectivity index (χ1) is 9.03. The second-order valence-electron chi connectivity index (χ2n) is 4.28. The minimum Gasteiger partial charge on any atom is -0.481 e. The molecule has 2 heterocycles. The summed E-state index contributed by atoms with van der Waals surface area (Å²) in [4.78, 5) is 20.0. The smallest absolute Gasteiger partial charge is 0.246 e. The highest BCUT2D eigenvalue weighted by atomic mass is 35.5. The third-order valence-corrected chi connectivity index (χ3v) is 3.14. The lowest BCUT2D eigenvalue weighted by atomic mass is 9.90. The molecular formula is C11H15ClN4O3. The normalized spacial score (nSPS) is 17.8. The van der Waals surface area contributed by atoms with Gasteiger partial charge in [0.05, 0.1) is 7.11 Å². The van der Waals surface area contributed by atoms with Crippen LogP contribution in [0.1, 0.15) is 12.8 Å². The number of carbonyl (C=O) groups is 1. The van der Waals surface area contributed by atoms with Crippen molar-refractivity contribution in [3.63, 3.8) is 0 Å². The first-order valence-electron chi connectivity index (χ1n) is 5.80. The lowest BCUT2D eigenvalue weighted by Crippen LogP contribution is -2.54. The Labute approximate surface area is 115 Å². The van der Waals surface area contributed by atoms with Crippen LogP contribution in [0.5, 0.6) is 5.88 Å². The summed E-state index contributed by atoms with van der Waals surface area (Å²) in [5.74, 6) is -0.000800. The number of aromatic nitrogens is 2. The fourth-order valence-corrected chi connectivity index (χ4v) is 1.92. The van der Waals surface area contributed by atoms with E-state index in [0.717, 1.165) is 0 Å². The highest BCUT2D eigenvalue weighted by Gasteiger charge is 2.36. The molecule has 0 saturated carbocycles. The number of rotatable bonds is 3. The average Bonchev–Trinajstić information content (AvgIpc) is 2.38. The second-order valence-corrected chi connectivity index (χ2v) is 4.67. The SMILES string of the molecule is COc1cc(Cl)nc(NC(=O)C2(N)CCOCC2)n1. The van der Waals surface area contributed by atoms with Gasteiger partial charge in [-0.05, 0) is 12.8 Å². The topological polar surface area (TPSA) is 99.4 Å². The molecule has 0 spiro atoms. The number of anilines is 1. The Bertz CT molecular complexity index is 477. The molecule has 3 N–H and O–H groups in total. The van der Waals surface area contributed by atoms with E-state index in [0.29, 0.717) is 26.1 Å². The van der Waals surface area contributed by atoms with E-state index in [4.69, 9.17) is 26.8 Å². The van der Waals surface area contributed by atoms with Crippen LogP contribution >= 0.6 is 11.6 Å². The van der Waals surface area contributed by atoms with Crippen molar-refractivity contribution in [2.75, 3.05) is 25.6 Å². The van der Waals surface area contributed by atoms with Crippen molar-refractivity contribution in [3.8, 4) is 5.88 Å². The van der Waals surface area contributed by atoms with Crippen LogP contribution in [0, 0.1) is 0 Å². The number of amides is 1. The molecule has 0 aliphatic carbocycles. The quantitative estimate of drug-likeness (QED) is 0.789. The van der Waals surface area contributed by atoms with Crippen molar-refractivity contribution in [3.05, 3.63) is 11.2 Å². The highest BCUT2D eigenvalue weighted by Crippen LogP contribution is 2.21. The van der Waals surface area contributed by atoms with Gasteiger partial charge >= 0.3 is 0 Å². The van der Waals surface area contributed by atoms with Gasteiger partial charge in [0.2, 0.25) is 17.7 Å². The third-order valence-electron chi connectivity index (χ3n) is 2.94. The second kappa shape index (κ2) is 5.68. The molecule has 2 rings (SSSR count). The van der Waals surface area contributed by atoms with Crippen molar-refractivity contribution >= 4 is 23.5 Å². The summed E-state index contributed by atoms with van der Waals surface area (Å²) in [7, 11) is 1.45. The lowest BCUT2D eigenvalue weighted by Gasteiger charge is -2.31. The summed E-state index contributed by atoms with van der Waals surface area (Å²) in [5.41, 5.74) is 5.09. The van der Waals surface area contributed by atoms with E-state index < -0.39 is 5.54 Å². The Morgan fingerprint density at radius 3 is 2.84 bits per heavy atom. The van der Waals surface area contributed by atoms with E-state index in [9.17, 15) is 4.79 Å². The summed E-state index contributed by atoms with van der Waals surface area (Å²) >= 11 is 5.80. The molecule has 1 fully saturated rings. The van der Waals surface area contributed by atoms with Crippen molar-refractivity contribution in [1.82, 2.24) is 9.97 Å². The number of halogens is 1. The molecule has 1 aliphatic rings. The van der Waals surface area contributed by atoms with Crippen molar-refractivity contribution < 1.29 is 14.3 Å². The molecular weight excluding hydrogens is 272 g/mol. The molecule has 1 aliphatic heterocycles. The molecule has 0 aromatic carbocycles. The molecule has 104 valence electrons. The van der Waals surface area contributed by atoms with Crippen LogP contribution in [0.25, 0.3) is 0 Å². The number of ether oxygens (including phenoxy) is 2. The predicted molar refractivity (Wildman–Crippen MR) is 69.2 cm³/mol. The van der Waals surface area contributed by atoms with Gasteiger partial charge in [-0.15, -0.1) is 0 Å². The van der Waals surface area contributed by atoms with E-state index in [1.807, 2.05) is 0 Å². The van der Waals surface area contributed by atoms with Crippen molar-refractivity contribution in [2.45, 2.75) is 18.4 Å². The number of nitrogens with one attached hydrogen (secondary N) is 1. The van der Waals surface area contributed by atoms with Gasteiger partial charge in [-0.3, -0.25) is 10.1 Å². The number of carbonyl (C=O) groups excluding carboxylic acids is 1. The number of methoxy groups -OCH3 is 1. The Kier molecular flexibility index (Phi) is 4.18. The third kappa shape index (κ3) is 3.31. The summed E-state index contributed by atoms with van der Waals surface area (Å²) in [5, 5.41) is 2.74. The molecule has 8 heteroatoms. The van der Waals surface area contributed by atoms with E-state index in [-0.39, 0.29) is 22.9 Å². The zero-order valence-corrected chi connectivity index (χ0v) is 11.2. The molecule has 0 atom stereocenters. The summed E-state index contributed by atoms with van der Waals surface area (Å²) in [6.45, 7) is 0.924. The molecule has 0 unspecified atom stereocenters. The van der Waals surface area contributed by atoms with Gasteiger partial charge in [0, 0.05) is 19.3 Å². The standard InChI is InChI=1S/C11H15ClN4O3/c1-18-8-6-7(12)14-10(15-8)16-9(17)11(13)2-4-19-5-3-11/h6H,2-5,13H2,1H3,(H,14,15,16,17). The lowest BCUT2D eigenvalue weighted by molar-refractivity contribution is -0.124. The van der Waals surface area contributed by atoms with Crippen molar-refractivity contribution in [1.29, 1.82) is 0 Å². The molecule has 1 amide bonds. The fraction of sp³-hybridized carbons (Fsp3) is 0.545. The molecule has 1 saturated heterocycles. The van der Waals surface area contributed by atoms with Crippen molar-refractivity contribution in [2.24, 2.45) is 5.73 Å². The van der Waals surface area contributed by atoms with Crippen LogP contribution in [0.4, 0.5) is 5.95 Å². The molecule has 7 nitrogen and oxygen atoms in total. The minimum atomic E-state index is -0.961. The van der Waals surface area contributed by atoms with Gasteiger partial charge in [-0.2, -0.15) is 4.98 Å². The van der Waals surface area contributed by atoms with Gasteiger partial charge in [-0.25, -0.2) is 4.98 Å². The Morgan fingerprint density at radius 2 is 2.21 bits per heavy atom. The number of hydrogen-bond acceptors (Lipinski definition) is 6. The van der Waals surface area contributed by atoms with Crippen LogP contribution in [0.2, 0.25) is 5.15 Å². The van der Waals surface area contributed by atoms with Crippen LogP contribution in [-0.4, -0.2) is 41.7 Å². The average molecular weight is 287 g/mol. The van der Waals surface area contributed by atoms with E-state index in [1.54, 1.807) is 0 Å². The highest BCUT2D eigenvalue weighted by molar-refractivity contribution is 6.29. The maximum absolute atomic E-state index is 12.1. The van der Waals surface area contributed by atoms with E-state index >= 15 is 0 Å². The van der Waals surface area contributed by atoms with Gasteiger partial charge in [0.1, 0.15) is 10.7 Å². The largest absolute Gasteiger partial charge is 0.481 e. The van der Waals surface area contributed by atoms with E-state index in [1.165, 1.54) is 13.2 Å². The van der Waals surface area contributed by atoms with Crippen LogP contribution in [-0.2, 0) is 9.53 Å². The van der Waals surface area contributed by atoms with Crippen LogP contribution < -0.4 is 15.8 Å². The summed E-state index contributed by atoms with van der Waals surface area (Å²) in [6, 6.07) is 1.45. The molecule has 0 bridgehead atoms. The fourth-order valence-electron chi connectivity index (χ4n) is 1.75. The number of nitrogens with two attached hydrogens (primary N) is 1. The van der Waals surface area contributed by atoms with Gasteiger partial charge < -0.3 is 15.2 Å². The zero-order valence-electron chi connectivity index (χ0n) is 10.5. The molecule has 1 aromatic heterocycles. The molecule has 19 heavy (non-hydrogen) atoms. The van der Waals surface area contributed by atoms with Crippen LogP contribution in [0.3, 0.4) is 0 Å². The van der Waals surface area contributed by atoms with E-state index in [2.05, 4.69) is 15.3 Å². The maximum Gasteiger partial charge on any atom is 0.246 e. The van der Waals surface area contributed by atoms with Gasteiger partial charge in [-0.1, -0.05) is 11.6 Å². The minimum absolute atomic E-state index is 0.0747. The zero-order chi connectivity index (χ0) is 13.9. The molecule has 1 aromatic rings. The maximum atomic E-state index is 12.1. The first kappa shape index (κ1) is 14.0. The van der Waals surface area contributed by atoms with Gasteiger partial charge in [0.25, 0.3) is 0 Å². The summed E-state index contributed by atoms with van der Waals surface area (Å²) in [6.07, 6.45) is 0.910. The first-order valence-corrected chi connectivity index (χ1v) is 6.18. The number of nitrogens with zero attached hydrogens (tertiary/aromatic N) is 2. The Balaban J connectivity index is 2.12. The Hall–Kier alpha value is -1.44.